The van der Waals surface area contributed by atoms with Gasteiger partial charge in [0.05, 0.1) is 5.84 Å². The average Bonchev–Trinajstić information content (AvgIpc) is 1.93. The van der Waals surface area contributed by atoms with Gasteiger partial charge in [-0.05, 0) is 11.6 Å². The molecule has 0 unspecified atom stereocenters. The van der Waals surface area contributed by atoms with Crippen LogP contribution in [0.2, 0.25) is 0 Å². The van der Waals surface area contributed by atoms with Gasteiger partial charge in [0.1, 0.15) is 5.82 Å². The molecular formula is C8H10ClFN2. The zero-order chi connectivity index (χ0) is 8.27. The Morgan fingerprint density at radius 3 is 2.50 bits per heavy atom. The molecule has 4 heteroatoms. The molecule has 1 rings (SSSR count). The van der Waals surface area contributed by atoms with E-state index in [0.717, 1.165) is 0 Å². The molecule has 0 fully saturated rings. The van der Waals surface area contributed by atoms with Crippen molar-refractivity contribution < 1.29 is 4.39 Å². The van der Waals surface area contributed by atoms with E-state index in [4.69, 9.17) is 11.1 Å². The van der Waals surface area contributed by atoms with Gasteiger partial charge in [-0.1, -0.05) is 18.2 Å². The molecule has 0 atom stereocenters. The Bertz CT molecular complexity index is 276. The number of amidine groups is 1. The SMILES string of the molecule is Cl.N=C(N)Cc1ccccc1F. The summed E-state index contributed by atoms with van der Waals surface area (Å²) in [5.41, 5.74) is 5.58. The lowest BCUT2D eigenvalue weighted by Gasteiger charge is -1.99. The lowest BCUT2D eigenvalue weighted by molar-refractivity contribution is 0.616. The first kappa shape index (κ1) is 10.9. The maximum absolute atomic E-state index is 12.8. The molecule has 0 saturated carbocycles. The van der Waals surface area contributed by atoms with Gasteiger partial charge in [-0.3, -0.25) is 5.41 Å². The molecule has 0 aliphatic carbocycles. The van der Waals surface area contributed by atoms with E-state index in [9.17, 15) is 4.39 Å². The zero-order valence-electron chi connectivity index (χ0n) is 6.38. The molecule has 2 nitrogen and oxygen atoms in total. The summed E-state index contributed by atoms with van der Waals surface area (Å²) in [5, 5.41) is 6.94. The highest BCUT2D eigenvalue weighted by molar-refractivity contribution is 5.85. The highest BCUT2D eigenvalue weighted by atomic mass is 35.5. The van der Waals surface area contributed by atoms with Crippen LogP contribution >= 0.6 is 12.4 Å². The van der Waals surface area contributed by atoms with Gasteiger partial charge in [-0.15, -0.1) is 12.4 Å². The maximum Gasteiger partial charge on any atom is 0.126 e. The van der Waals surface area contributed by atoms with Crippen LogP contribution in [0.5, 0.6) is 0 Å². The van der Waals surface area contributed by atoms with Crippen molar-refractivity contribution in [3.63, 3.8) is 0 Å². The molecule has 1 aromatic rings. The summed E-state index contributed by atoms with van der Waals surface area (Å²) < 4.78 is 12.8. The van der Waals surface area contributed by atoms with Gasteiger partial charge in [-0.25, -0.2) is 4.39 Å². The number of hydrogen-bond donors (Lipinski definition) is 2. The molecule has 0 heterocycles. The largest absolute Gasteiger partial charge is 0.387 e. The Labute approximate surface area is 76.5 Å². The number of nitrogens with one attached hydrogen (secondary N) is 1. The minimum absolute atomic E-state index is 0. The van der Waals surface area contributed by atoms with Crippen LogP contribution in [0.15, 0.2) is 24.3 Å². The van der Waals surface area contributed by atoms with Crippen molar-refractivity contribution in [2.24, 2.45) is 5.73 Å². The second-order valence-electron chi connectivity index (χ2n) is 2.29. The monoisotopic (exact) mass is 188 g/mol. The first-order valence-corrected chi connectivity index (χ1v) is 3.26. The number of benzene rings is 1. The molecule has 0 aliphatic rings. The number of nitrogens with two attached hydrogens (primary N) is 1. The van der Waals surface area contributed by atoms with Crippen molar-refractivity contribution in [1.29, 1.82) is 5.41 Å². The second kappa shape index (κ2) is 4.72. The topological polar surface area (TPSA) is 49.9 Å². The Kier molecular flexibility index (Phi) is 4.29. The smallest absolute Gasteiger partial charge is 0.126 e. The van der Waals surface area contributed by atoms with Crippen molar-refractivity contribution in [2.75, 3.05) is 0 Å². The summed E-state index contributed by atoms with van der Waals surface area (Å²) in [7, 11) is 0. The van der Waals surface area contributed by atoms with E-state index in [2.05, 4.69) is 0 Å². The Balaban J connectivity index is 0.00000121. The summed E-state index contributed by atoms with van der Waals surface area (Å²) in [4.78, 5) is 0. The summed E-state index contributed by atoms with van der Waals surface area (Å²) in [6.45, 7) is 0. The van der Waals surface area contributed by atoms with E-state index in [1.54, 1.807) is 18.2 Å². The molecule has 3 N–H and O–H groups in total. The van der Waals surface area contributed by atoms with E-state index in [-0.39, 0.29) is 30.5 Å². The molecule has 0 aliphatic heterocycles. The van der Waals surface area contributed by atoms with E-state index < -0.39 is 0 Å². The number of rotatable bonds is 2. The van der Waals surface area contributed by atoms with Crippen molar-refractivity contribution in [3.05, 3.63) is 35.6 Å². The summed E-state index contributed by atoms with van der Waals surface area (Å²) in [6.07, 6.45) is 0.187. The Morgan fingerprint density at radius 2 is 2.00 bits per heavy atom. The standard InChI is InChI=1S/C8H9FN2.ClH/c9-7-4-2-1-3-6(7)5-8(10)11;/h1-4H,5H2,(H3,10,11);1H. The van der Waals surface area contributed by atoms with E-state index in [0.29, 0.717) is 5.56 Å². The van der Waals surface area contributed by atoms with Gasteiger partial charge in [0, 0.05) is 6.42 Å². The molecule has 0 amide bonds. The maximum atomic E-state index is 12.8. The van der Waals surface area contributed by atoms with Gasteiger partial charge in [-0.2, -0.15) is 0 Å². The highest BCUT2D eigenvalue weighted by Gasteiger charge is 2.00. The van der Waals surface area contributed by atoms with Gasteiger partial charge in [0.2, 0.25) is 0 Å². The van der Waals surface area contributed by atoms with Crippen LogP contribution in [0, 0.1) is 11.2 Å². The van der Waals surface area contributed by atoms with Crippen molar-refractivity contribution in [2.45, 2.75) is 6.42 Å². The minimum Gasteiger partial charge on any atom is -0.387 e. The molecular weight excluding hydrogens is 179 g/mol. The fourth-order valence-electron chi connectivity index (χ4n) is 0.847. The third kappa shape index (κ3) is 2.88. The van der Waals surface area contributed by atoms with Crippen LogP contribution in [-0.4, -0.2) is 5.84 Å². The first-order chi connectivity index (χ1) is 5.20. The summed E-state index contributed by atoms with van der Waals surface area (Å²) in [6, 6.07) is 6.31. The molecule has 0 aromatic heterocycles. The van der Waals surface area contributed by atoms with Gasteiger partial charge in [0.15, 0.2) is 0 Å². The molecule has 66 valence electrons. The normalized spacial score (nSPS) is 8.75. The fraction of sp³-hybridized carbons (Fsp3) is 0.125. The van der Waals surface area contributed by atoms with Gasteiger partial charge >= 0.3 is 0 Å². The average molecular weight is 189 g/mol. The molecule has 0 bridgehead atoms. The molecule has 0 radical (unpaired) electrons. The Morgan fingerprint density at radius 1 is 1.42 bits per heavy atom. The van der Waals surface area contributed by atoms with Crippen LogP contribution in [0.3, 0.4) is 0 Å². The minimum atomic E-state index is -0.303. The molecule has 12 heavy (non-hydrogen) atoms. The molecule has 1 aromatic carbocycles. The second-order valence-corrected chi connectivity index (χ2v) is 2.29. The van der Waals surface area contributed by atoms with E-state index in [1.807, 2.05) is 0 Å². The Hall–Kier alpha value is -1.09. The number of halogens is 2. The van der Waals surface area contributed by atoms with Gasteiger partial charge in [0.25, 0.3) is 0 Å². The zero-order valence-corrected chi connectivity index (χ0v) is 7.20. The van der Waals surface area contributed by atoms with Crippen LogP contribution in [0.1, 0.15) is 5.56 Å². The van der Waals surface area contributed by atoms with Crippen molar-refractivity contribution >= 4 is 18.2 Å². The fourth-order valence-corrected chi connectivity index (χ4v) is 0.847. The summed E-state index contributed by atoms with van der Waals surface area (Å²) in [5.74, 6) is -0.321. The third-order valence-electron chi connectivity index (χ3n) is 1.34. The third-order valence-corrected chi connectivity index (χ3v) is 1.34. The predicted molar refractivity (Wildman–Crippen MR) is 49.3 cm³/mol. The van der Waals surface area contributed by atoms with E-state index in [1.165, 1.54) is 6.07 Å². The van der Waals surface area contributed by atoms with Crippen molar-refractivity contribution in [1.82, 2.24) is 0 Å². The quantitative estimate of drug-likeness (QED) is 0.539. The molecule has 0 saturated heterocycles. The number of hydrogen-bond acceptors (Lipinski definition) is 1. The van der Waals surface area contributed by atoms with Crippen LogP contribution < -0.4 is 5.73 Å². The predicted octanol–water partition coefficient (Wildman–Crippen LogP) is 1.73. The summed E-state index contributed by atoms with van der Waals surface area (Å²) >= 11 is 0. The first-order valence-electron chi connectivity index (χ1n) is 3.26. The van der Waals surface area contributed by atoms with Crippen LogP contribution in [-0.2, 0) is 6.42 Å². The lowest BCUT2D eigenvalue weighted by Crippen LogP contribution is -2.13. The molecule has 0 spiro atoms. The van der Waals surface area contributed by atoms with Crippen LogP contribution in [0.25, 0.3) is 0 Å². The lowest BCUT2D eigenvalue weighted by atomic mass is 10.1. The van der Waals surface area contributed by atoms with E-state index >= 15 is 0 Å². The van der Waals surface area contributed by atoms with Crippen LogP contribution in [0.4, 0.5) is 4.39 Å². The van der Waals surface area contributed by atoms with Gasteiger partial charge < -0.3 is 5.73 Å². The van der Waals surface area contributed by atoms with Crippen molar-refractivity contribution in [3.8, 4) is 0 Å². The highest BCUT2D eigenvalue weighted by Crippen LogP contribution is 2.05.